The van der Waals surface area contributed by atoms with Gasteiger partial charge in [-0.2, -0.15) is 0 Å². The molecule has 1 aliphatic rings. The van der Waals surface area contributed by atoms with Crippen LogP contribution in [0.5, 0.6) is 0 Å². The summed E-state index contributed by atoms with van der Waals surface area (Å²) in [6.45, 7) is 0.679. The molecule has 0 saturated carbocycles. The molecule has 1 aliphatic heterocycles. The van der Waals surface area contributed by atoms with Crippen LogP contribution in [-0.4, -0.2) is 60.8 Å². The van der Waals surface area contributed by atoms with Gasteiger partial charge in [-0.1, -0.05) is 0 Å². The van der Waals surface area contributed by atoms with Crippen molar-refractivity contribution in [2.45, 2.75) is 37.5 Å². The molecule has 4 aromatic rings. The highest BCUT2D eigenvalue weighted by molar-refractivity contribution is 5.81. The summed E-state index contributed by atoms with van der Waals surface area (Å²) in [6.07, 6.45) is 0.117. The first-order chi connectivity index (χ1) is 17.7. The van der Waals surface area contributed by atoms with Gasteiger partial charge in [0.25, 0.3) is 6.43 Å². The van der Waals surface area contributed by atoms with Crippen molar-refractivity contribution in [3.8, 4) is 11.3 Å². The van der Waals surface area contributed by atoms with Crippen LogP contribution in [0.1, 0.15) is 18.4 Å². The van der Waals surface area contributed by atoms with Crippen LogP contribution in [0.25, 0.3) is 22.4 Å². The van der Waals surface area contributed by atoms with E-state index in [9.17, 15) is 22.7 Å². The Bertz CT molecular complexity index is 1450. The highest BCUT2D eigenvalue weighted by atomic mass is 19.3. The van der Waals surface area contributed by atoms with Crippen molar-refractivity contribution in [2.24, 2.45) is 5.73 Å². The topological polar surface area (TPSA) is 132 Å². The molecular formula is C24H24F4N8O. The number of nitrogens with zero attached hydrogens (tertiary/aromatic N) is 6. The van der Waals surface area contributed by atoms with Crippen LogP contribution >= 0.6 is 0 Å². The zero-order chi connectivity index (χ0) is 26.3. The predicted octanol–water partition coefficient (Wildman–Crippen LogP) is 2.72. The van der Waals surface area contributed by atoms with Crippen molar-refractivity contribution in [3.05, 3.63) is 60.3 Å². The summed E-state index contributed by atoms with van der Waals surface area (Å²) in [4.78, 5) is 18.7. The van der Waals surface area contributed by atoms with E-state index in [1.807, 2.05) is 0 Å². The molecule has 0 amide bonds. The number of fused-ring (bicyclic) bond motifs is 1. The lowest BCUT2D eigenvalue weighted by Gasteiger charge is -2.44. The fourth-order valence-electron chi connectivity index (χ4n) is 4.72. The number of rotatable bonds is 6. The van der Waals surface area contributed by atoms with Crippen LogP contribution in [0.15, 0.2) is 43.1 Å². The maximum absolute atomic E-state index is 13.9. The van der Waals surface area contributed by atoms with Gasteiger partial charge < -0.3 is 26.0 Å². The van der Waals surface area contributed by atoms with Crippen LogP contribution in [0.4, 0.5) is 29.1 Å². The number of hydrogen-bond acceptors (Lipinski definition) is 8. The smallest absolute Gasteiger partial charge is 0.265 e. The maximum atomic E-state index is 13.9. The van der Waals surface area contributed by atoms with E-state index in [2.05, 4.69) is 19.9 Å². The van der Waals surface area contributed by atoms with E-state index < -0.39 is 29.7 Å². The van der Waals surface area contributed by atoms with E-state index >= 15 is 0 Å². The van der Waals surface area contributed by atoms with Crippen molar-refractivity contribution in [2.75, 3.05) is 23.7 Å². The summed E-state index contributed by atoms with van der Waals surface area (Å²) < 4.78 is 55.9. The van der Waals surface area contributed by atoms with E-state index in [1.165, 1.54) is 18.6 Å². The van der Waals surface area contributed by atoms with Gasteiger partial charge >= 0.3 is 0 Å². The summed E-state index contributed by atoms with van der Waals surface area (Å²) in [5.41, 5.74) is 13.5. The molecule has 13 heteroatoms. The molecule has 194 valence electrons. The van der Waals surface area contributed by atoms with Gasteiger partial charge in [-0.05, 0) is 42.7 Å². The molecule has 4 heterocycles. The number of piperidine rings is 1. The van der Waals surface area contributed by atoms with Crippen molar-refractivity contribution in [1.29, 1.82) is 0 Å². The number of aliphatic hydroxyl groups is 1. The van der Waals surface area contributed by atoms with Crippen molar-refractivity contribution < 1.29 is 22.7 Å². The molecule has 5 N–H and O–H groups in total. The van der Waals surface area contributed by atoms with Gasteiger partial charge in [0.05, 0.1) is 36.0 Å². The van der Waals surface area contributed by atoms with E-state index in [4.69, 9.17) is 11.5 Å². The number of anilines is 2. The lowest BCUT2D eigenvalue weighted by molar-refractivity contribution is -0.0529. The Morgan fingerprint density at radius 2 is 1.89 bits per heavy atom. The molecule has 0 bridgehead atoms. The zero-order valence-electron chi connectivity index (χ0n) is 19.5. The maximum Gasteiger partial charge on any atom is 0.265 e. The van der Waals surface area contributed by atoms with Crippen LogP contribution in [0.2, 0.25) is 0 Å². The molecule has 2 atom stereocenters. The number of benzene rings is 1. The van der Waals surface area contributed by atoms with Crippen LogP contribution in [0.3, 0.4) is 0 Å². The van der Waals surface area contributed by atoms with Gasteiger partial charge in [0.2, 0.25) is 0 Å². The normalized spacial score (nSPS) is 19.1. The first-order valence-electron chi connectivity index (χ1n) is 11.5. The predicted molar refractivity (Wildman–Crippen MR) is 129 cm³/mol. The Kier molecular flexibility index (Phi) is 6.42. The third-order valence-electron chi connectivity index (χ3n) is 6.68. The van der Waals surface area contributed by atoms with Gasteiger partial charge in [-0.3, -0.25) is 4.98 Å². The summed E-state index contributed by atoms with van der Waals surface area (Å²) in [7, 11) is 0. The number of imidazole rings is 1. The molecule has 1 aromatic carbocycles. The number of aromatic nitrogens is 5. The molecule has 3 aromatic heterocycles. The van der Waals surface area contributed by atoms with E-state index in [1.54, 1.807) is 21.9 Å². The number of aliphatic hydroxyl groups excluding tert-OH is 1. The van der Waals surface area contributed by atoms with Gasteiger partial charge in [0.1, 0.15) is 17.9 Å². The van der Waals surface area contributed by atoms with E-state index in [0.29, 0.717) is 46.6 Å². The molecular weight excluding hydrogens is 492 g/mol. The third-order valence-corrected chi connectivity index (χ3v) is 6.68. The minimum atomic E-state index is -2.99. The SMILES string of the molecule is Nc1ncnc2c1ncn2Cc1cc(-c2ccc(F)c(F)c2)ncc1N1CCC[C@](N)(C(O)C(F)F)C1. The van der Waals surface area contributed by atoms with Gasteiger partial charge in [0, 0.05) is 18.7 Å². The van der Waals surface area contributed by atoms with Gasteiger partial charge in [-0.15, -0.1) is 0 Å². The number of nitrogens with two attached hydrogens (primary N) is 2. The molecule has 0 spiro atoms. The van der Waals surface area contributed by atoms with Gasteiger partial charge in [-0.25, -0.2) is 32.5 Å². The second-order valence-corrected chi connectivity index (χ2v) is 9.17. The molecule has 0 aliphatic carbocycles. The Morgan fingerprint density at radius 1 is 1.08 bits per heavy atom. The Balaban J connectivity index is 1.58. The fourth-order valence-corrected chi connectivity index (χ4v) is 4.72. The van der Waals surface area contributed by atoms with Crippen molar-refractivity contribution >= 4 is 22.7 Å². The summed E-state index contributed by atoms with van der Waals surface area (Å²) in [5, 5.41) is 10.1. The summed E-state index contributed by atoms with van der Waals surface area (Å²) in [6, 6.07) is 5.18. The third kappa shape index (κ3) is 4.67. The number of hydrogen-bond donors (Lipinski definition) is 3. The second-order valence-electron chi connectivity index (χ2n) is 9.17. The highest BCUT2D eigenvalue weighted by Gasteiger charge is 2.43. The largest absolute Gasteiger partial charge is 0.385 e. The Morgan fingerprint density at radius 3 is 2.65 bits per heavy atom. The average molecular weight is 517 g/mol. The highest BCUT2D eigenvalue weighted by Crippen LogP contribution is 2.33. The first-order valence-corrected chi connectivity index (χ1v) is 11.5. The lowest BCUT2D eigenvalue weighted by Crippen LogP contribution is -2.63. The lowest BCUT2D eigenvalue weighted by atomic mass is 9.84. The number of pyridine rings is 1. The van der Waals surface area contributed by atoms with Crippen molar-refractivity contribution in [1.82, 2.24) is 24.5 Å². The molecule has 5 rings (SSSR count). The molecule has 1 fully saturated rings. The molecule has 1 unspecified atom stereocenters. The standard InChI is InChI=1S/C24H24F4N8O/c25-15-3-2-13(6-16(15)26)17-7-14(9-36-12-34-19-22(29)32-11-33-23(19)36)18(8-31-17)35-5-1-4-24(30,10-35)20(37)21(27)28/h2-3,6-8,11-12,20-21,37H,1,4-5,9-10,30H2,(H2,29,32,33)/t20?,24-/m1/s1. The van der Waals surface area contributed by atoms with Crippen LogP contribution < -0.4 is 16.4 Å². The number of alkyl halides is 2. The first kappa shape index (κ1) is 24.8. The number of halogens is 4. The second kappa shape index (κ2) is 9.56. The number of nitrogen functional groups attached to an aromatic ring is 1. The molecule has 9 nitrogen and oxygen atoms in total. The molecule has 1 saturated heterocycles. The van der Waals surface area contributed by atoms with E-state index in [0.717, 1.165) is 12.1 Å². The molecule has 0 radical (unpaired) electrons. The minimum absolute atomic E-state index is 0.0303. The monoisotopic (exact) mass is 516 g/mol. The van der Waals surface area contributed by atoms with Crippen LogP contribution in [-0.2, 0) is 6.54 Å². The van der Waals surface area contributed by atoms with E-state index in [-0.39, 0.29) is 25.3 Å². The zero-order valence-corrected chi connectivity index (χ0v) is 19.5. The summed E-state index contributed by atoms with van der Waals surface area (Å²) in [5.74, 6) is -1.78. The fraction of sp³-hybridized carbons (Fsp3) is 0.333. The quantitative estimate of drug-likeness (QED) is 0.334. The minimum Gasteiger partial charge on any atom is -0.385 e. The Labute approximate surface area is 208 Å². The Hall–Kier alpha value is -3.84. The van der Waals surface area contributed by atoms with Gasteiger partial charge in [0.15, 0.2) is 23.1 Å². The average Bonchev–Trinajstić information content (AvgIpc) is 3.29. The van der Waals surface area contributed by atoms with Crippen LogP contribution in [0, 0.1) is 11.6 Å². The summed E-state index contributed by atoms with van der Waals surface area (Å²) >= 11 is 0. The molecule has 37 heavy (non-hydrogen) atoms. The van der Waals surface area contributed by atoms with Crippen molar-refractivity contribution in [3.63, 3.8) is 0 Å².